The van der Waals surface area contributed by atoms with Crippen LogP contribution in [0, 0.1) is 0 Å². The van der Waals surface area contributed by atoms with Gasteiger partial charge >= 0.3 is 12.6 Å². The van der Waals surface area contributed by atoms with Crippen LogP contribution < -0.4 is 10.5 Å². The Balaban J connectivity index is 1.97. The van der Waals surface area contributed by atoms with E-state index in [4.69, 9.17) is 10.5 Å². The summed E-state index contributed by atoms with van der Waals surface area (Å²) in [4.78, 5) is 12.5. The monoisotopic (exact) mass is 337 g/mol. The molecular formula is C15H17F2N5O2. The third-order valence-electron chi connectivity index (χ3n) is 3.53. The quantitative estimate of drug-likeness (QED) is 0.872. The maximum Gasteiger partial charge on any atom is 0.387 e. The second-order valence-electron chi connectivity index (χ2n) is 5.14. The van der Waals surface area contributed by atoms with E-state index in [1.54, 1.807) is 17.0 Å². The minimum absolute atomic E-state index is 0.154. The van der Waals surface area contributed by atoms with Gasteiger partial charge in [0.2, 0.25) is 0 Å². The summed E-state index contributed by atoms with van der Waals surface area (Å²) >= 11 is 0. The van der Waals surface area contributed by atoms with Crippen molar-refractivity contribution in [3.63, 3.8) is 0 Å². The van der Waals surface area contributed by atoms with Crippen LogP contribution in [0.5, 0.6) is 6.01 Å². The van der Waals surface area contributed by atoms with E-state index in [1.165, 1.54) is 0 Å². The zero-order chi connectivity index (χ0) is 17.1. The molecule has 0 bridgehead atoms. The number of allylic oxidation sites excluding steroid dienone is 4. The lowest BCUT2D eigenvalue weighted by molar-refractivity contribution is -0.0995. The zero-order valence-electron chi connectivity index (χ0n) is 13.1. The molecule has 7 nitrogen and oxygen atoms in total. The van der Waals surface area contributed by atoms with Gasteiger partial charge in [0.15, 0.2) is 17.0 Å². The minimum atomic E-state index is -2.84. The van der Waals surface area contributed by atoms with Crippen molar-refractivity contribution in [2.24, 2.45) is 0 Å². The molecule has 0 amide bonds. The third-order valence-corrected chi connectivity index (χ3v) is 3.53. The van der Waals surface area contributed by atoms with Crippen molar-refractivity contribution in [1.82, 2.24) is 19.5 Å². The van der Waals surface area contributed by atoms with Gasteiger partial charge in [0.1, 0.15) is 5.76 Å². The van der Waals surface area contributed by atoms with Gasteiger partial charge < -0.3 is 19.8 Å². The zero-order valence-corrected chi connectivity index (χ0v) is 13.1. The fourth-order valence-corrected chi connectivity index (χ4v) is 2.51. The number of ether oxygens (including phenoxy) is 2. The Labute approximate surface area is 136 Å². The molecule has 2 N–H and O–H groups in total. The molecule has 3 rings (SSSR count). The van der Waals surface area contributed by atoms with Gasteiger partial charge in [-0.25, -0.2) is 4.98 Å². The molecule has 2 aromatic rings. The van der Waals surface area contributed by atoms with Gasteiger partial charge in [0.05, 0.1) is 19.5 Å². The van der Waals surface area contributed by atoms with E-state index in [2.05, 4.69) is 19.7 Å². The van der Waals surface area contributed by atoms with E-state index >= 15 is 0 Å². The van der Waals surface area contributed by atoms with Crippen LogP contribution in [0.25, 0.3) is 11.2 Å². The largest absolute Gasteiger partial charge is 0.464 e. The van der Waals surface area contributed by atoms with E-state index in [0.29, 0.717) is 36.2 Å². The van der Waals surface area contributed by atoms with E-state index in [0.717, 1.165) is 0 Å². The molecule has 2 heterocycles. The number of hydrogen-bond acceptors (Lipinski definition) is 6. The molecule has 0 spiro atoms. The van der Waals surface area contributed by atoms with Gasteiger partial charge in [0, 0.05) is 12.0 Å². The number of imidazole rings is 1. The molecule has 1 aliphatic rings. The summed E-state index contributed by atoms with van der Waals surface area (Å²) < 4.78 is 36.7. The molecule has 0 aromatic carbocycles. The molecule has 128 valence electrons. The van der Waals surface area contributed by atoms with Crippen LogP contribution in [-0.4, -0.2) is 32.7 Å². The molecule has 1 aliphatic carbocycles. The highest BCUT2D eigenvalue weighted by atomic mass is 19.3. The molecule has 0 aliphatic heterocycles. The van der Waals surface area contributed by atoms with Crippen LogP contribution in [0.15, 0.2) is 29.8 Å². The summed E-state index contributed by atoms with van der Waals surface area (Å²) in [6, 6.07) is 0.154. The number of rotatable bonds is 6. The van der Waals surface area contributed by atoms with Crippen molar-refractivity contribution in [2.45, 2.75) is 32.9 Å². The Kier molecular flexibility index (Phi) is 4.59. The number of hydrogen-bond donors (Lipinski definition) is 1. The average molecular weight is 337 g/mol. The second kappa shape index (κ2) is 6.81. The SMILES string of the molecule is CCOc1nc(N)c2ncn(CC3=C(OC(F)F)CCC=C3)c2n1. The maximum atomic E-state index is 12.6. The van der Waals surface area contributed by atoms with Crippen molar-refractivity contribution in [3.05, 3.63) is 29.8 Å². The van der Waals surface area contributed by atoms with Crippen LogP contribution in [0.4, 0.5) is 14.6 Å². The van der Waals surface area contributed by atoms with Crippen LogP contribution in [0.1, 0.15) is 19.8 Å². The molecule has 0 saturated carbocycles. The molecule has 0 saturated heterocycles. The van der Waals surface area contributed by atoms with Crippen molar-refractivity contribution >= 4 is 17.0 Å². The smallest absolute Gasteiger partial charge is 0.387 e. The first-order chi connectivity index (χ1) is 11.6. The average Bonchev–Trinajstić information content (AvgIpc) is 2.93. The number of alkyl halides is 2. The summed E-state index contributed by atoms with van der Waals surface area (Å²) in [7, 11) is 0. The predicted molar refractivity (Wildman–Crippen MR) is 83.4 cm³/mol. The molecule has 0 atom stereocenters. The maximum absolute atomic E-state index is 12.6. The predicted octanol–water partition coefficient (Wildman–Crippen LogP) is 2.65. The molecule has 0 unspecified atom stereocenters. The highest BCUT2D eigenvalue weighted by Gasteiger charge is 2.17. The normalized spacial score (nSPS) is 14.7. The van der Waals surface area contributed by atoms with Gasteiger partial charge in [0.25, 0.3) is 0 Å². The number of nitrogens with two attached hydrogens (primary N) is 1. The van der Waals surface area contributed by atoms with E-state index in [9.17, 15) is 8.78 Å². The topological polar surface area (TPSA) is 88.1 Å². The van der Waals surface area contributed by atoms with E-state index in [-0.39, 0.29) is 24.1 Å². The number of anilines is 1. The Morgan fingerprint density at radius 1 is 1.38 bits per heavy atom. The lowest BCUT2D eigenvalue weighted by Gasteiger charge is -2.17. The number of nitrogens with zero attached hydrogens (tertiary/aromatic N) is 4. The van der Waals surface area contributed by atoms with Crippen molar-refractivity contribution in [1.29, 1.82) is 0 Å². The Hall–Kier alpha value is -2.71. The molecule has 0 radical (unpaired) electrons. The van der Waals surface area contributed by atoms with E-state index in [1.807, 2.05) is 13.0 Å². The first-order valence-corrected chi connectivity index (χ1v) is 7.53. The fraction of sp³-hybridized carbons (Fsp3) is 0.400. The number of aromatic nitrogens is 4. The van der Waals surface area contributed by atoms with Crippen LogP contribution in [-0.2, 0) is 11.3 Å². The van der Waals surface area contributed by atoms with Crippen molar-refractivity contribution in [3.8, 4) is 6.01 Å². The number of fused-ring (bicyclic) bond motifs is 1. The van der Waals surface area contributed by atoms with Crippen LogP contribution in [0.2, 0.25) is 0 Å². The Bertz CT molecular complexity index is 801. The molecule has 0 fully saturated rings. The summed E-state index contributed by atoms with van der Waals surface area (Å²) in [6.07, 6.45) is 6.34. The number of nitrogen functional groups attached to an aromatic ring is 1. The summed E-state index contributed by atoms with van der Waals surface area (Å²) in [5.41, 5.74) is 7.44. The lowest BCUT2D eigenvalue weighted by atomic mass is 10.1. The van der Waals surface area contributed by atoms with Gasteiger partial charge in [-0.15, -0.1) is 0 Å². The Morgan fingerprint density at radius 3 is 2.96 bits per heavy atom. The highest BCUT2D eigenvalue weighted by molar-refractivity contribution is 5.82. The Morgan fingerprint density at radius 2 is 2.21 bits per heavy atom. The van der Waals surface area contributed by atoms with Crippen molar-refractivity contribution in [2.75, 3.05) is 12.3 Å². The standard InChI is InChI=1S/C15H17F2N5O2/c1-2-23-15-20-12(18)11-13(21-15)22(8-19-11)7-9-5-3-4-6-10(9)24-14(16)17/h3,5,8,14H,2,4,6-7H2,1H3,(H2,18,20,21). The van der Waals surface area contributed by atoms with Gasteiger partial charge in [-0.3, -0.25) is 0 Å². The number of halogens is 2. The van der Waals surface area contributed by atoms with E-state index < -0.39 is 6.61 Å². The highest BCUT2D eigenvalue weighted by Crippen LogP contribution is 2.26. The third kappa shape index (κ3) is 3.29. The van der Waals surface area contributed by atoms with Crippen molar-refractivity contribution < 1.29 is 18.3 Å². The lowest BCUT2D eigenvalue weighted by Crippen LogP contribution is -2.10. The fourth-order valence-electron chi connectivity index (χ4n) is 2.51. The van der Waals surface area contributed by atoms with Gasteiger partial charge in [-0.2, -0.15) is 18.7 Å². The first kappa shape index (κ1) is 16.2. The van der Waals surface area contributed by atoms with Gasteiger partial charge in [-0.05, 0) is 13.3 Å². The molecule has 24 heavy (non-hydrogen) atoms. The summed E-state index contributed by atoms with van der Waals surface area (Å²) in [5.74, 6) is 0.487. The molecule has 2 aromatic heterocycles. The van der Waals surface area contributed by atoms with Crippen LogP contribution in [0.3, 0.4) is 0 Å². The molecule has 9 heteroatoms. The summed E-state index contributed by atoms with van der Waals surface area (Å²) in [5, 5.41) is 0. The molecular weight excluding hydrogens is 320 g/mol. The summed E-state index contributed by atoms with van der Waals surface area (Å²) in [6.45, 7) is -0.341. The van der Waals surface area contributed by atoms with Gasteiger partial charge in [-0.1, -0.05) is 12.2 Å². The second-order valence-corrected chi connectivity index (χ2v) is 5.14. The minimum Gasteiger partial charge on any atom is -0.464 e. The first-order valence-electron chi connectivity index (χ1n) is 7.53. The van der Waals surface area contributed by atoms with Crippen LogP contribution >= 0.6 is 0 Å².